The van der Waals surface area contributed by atoms with Gasteiger partial charge in [-0.05, 0) is 57.4 Å². The number of carbonyl (C=O) groups excluding carboxylic acids is 3. The third kappa shape index (κ3) is 3.42. The van der Waals surface area contributed by atoms with Crippen LogP contribution >= 0.6 is 0 Å². The zero-order valence-corrected chi connectivity index (χ0v) is 14.3. The summed E-state index contributed by atoms with van der Waals surface area (Å²) >= 11 is 0. The Morgan fingerprint density at radius 2 is 1.75 bits per heavy atom. The van der Waals surface area contributed by atoms with Crippen molar-refractivity contribution in [2.75, 3.05) is 20.3 Å². The third-order valence-electron chi connectivity index (χ3n) is 4.40. The van der Waals surface area contributed by atoms with Gasteiger partial charge in [0.15, 0.2) is 0 Å². The van der Waals surface area contributed by atoms with E-state index in [1.807, 2.05) is 0 Å². The zero-order valence-electron chi connectivity index (χ0n) is 14.3. The van der Waals surface area contributed by atoms with Crippen molar-refractivity contribution in [3.63, 3.8) is 0 Å². The van der Waals surface area contributed by atoms with Crippen LogP contribution in [0.5, 0.6) is 0 Å². The Kier molecular flexibility index (Phi) is 5.59. The van der Waals surface area contributed by atoms with Crippen molar-refractivity contribution >= 4 is 17.8 Å². The first-order valence-corrected chi connectivity index (χ1v) is 8.11. The molecule has 130 valence electrons. The number of carbonyl (C=O) groups is 3. The normalized spacial score (nSPS) is 20.4. The van der Waals surface area contributed by atoms with Gasteiger partial charge in [-0.15, -0.1) is 0 Å². The Labute approximate surface area is 141 Å². The van der Waals surface area contributed by atoms with Gasteiger partial charge in [-0.25, -0.2) is 9.59 Å². The lowest BCUT2D eigenvalue weighted by Gasteiger charge is -2.42. The highest BCUT2D eigenvalue weighted by Crippen LogP contribution is 2.30. The van der Waals surface area contributed by atoms with Crippen LogP contribution in [-0.2, 0) is 14.3 Å². The van der Waals surface area contributed by atoms with E-state index in [9.17, 15) is 14.4 Å². The second-order valence-corrected chi connectivity index (χ2v) is 5.98. The van der Waals surface area contributed by atoms with Crippen molar-refractivity contribution in [2.45, 2.75) is 38.6 Å². The molecule has 1 saturated heterocycles. The fourth-order valence-corrected chi connectivity index (χ4v) is 2.97. The molecule has 1 unspecified atom stereocenters. The molecule has 0 radical (unpaired) electrons. The van der Waals surface area contributed by atoms with Gasteiger partial charge in [0.25, 0.3) is 5.91 Å². The predicted molar refractivity (Wildman–Crippen MR) is 87.7 cm³/mol. The maximum absolute atomic E-state index is 12.9. The maximum Gasteiger partial charge on any atom is 0.337 e. The maximum atomic E-state index is 12.9. The molecule has 24 heavy (non-hydrogen) atoms. The van der Waals surface area contributed by atoms with Gasteiger partial charge in [-0.1, -0.05) is 0 Å². The Bertz CT molecular complexity index is 625. The number of ether oxygens (including phenoxy) is 2. The Hall–Kier alpha value is -2.37. The molecule has 1 heterocycles. The number of hydrogen-bond donors (Lipinski definition) is 0. The molecule has 1 aromatic carbocycles. The Morgan fingerprint density at radius 1 is 1.12 bits per heavy atom. The quantitative estimate of drug-likeness (QED) is 0.791. The molecule has 1 atom stereocenters. The van der Waals surface area contributed by atoms with Gasteiger partial charge >= 0.3 is 11.9 Å². The number of rotatable bonds is 4. The summed E-state index contributed by atoms with van der Waals surface area (Å²) in [4.78, 5) is 38.3. The minimum Gasteiger partial charge on any atom is -0.465 e. The van der Waals surface area contributed by atoms with Gasteiger partial charge in [0.1, 0.15) is 5.54 Å². The molecule has 1 aliphatic heterocycles. The zero-order chi connectivity index (χ0) is 17.7. The molecule has 0 bridgehead atoms. The van der Waals surface area contributed by atoms with Gasteiger partial charge in [0.2, 0.25) is 0 Å². The predicted octanol–water partition coefficient (Wildman–Crippen LogP) is 2.42. The standard InChI is InChI=1S/C18H23NO5/c1-4-24-17(22)18(2)11-5-6-12-19(18)15(20)13-7-9-14(10-8-13)16(21)23-3/h7-10H,4-6,11-12H2,1-3H3. The largest absolute Gasteiger partial charge is 0.465 e. The van der Waals surface area contributed by atoms with E-state index < -0.39 is 11.5 Å². The molecule has 6 heteroatoms. The topological polar surface area (TPSA) is 72.9 Å². The highest BCUT2D eigenvalue weighted by atomic mass is 16.5. The van der Waals surface area contributed by atoms with Crippen LogP contribution in [-0.4, -0.2) is 48.5 Å². The summed E-state index contributed by atoms with van der Waals surface area (Å²) in [6, 6.07) is 6.25. The van der Waals surface area contributed by atoms with Gasteiger partial charge < -0.3 is 14.4 Å². The summed E-state index contributed by atoms with van der Waals surface area (Å²) in [5.74, 6) is -1.06. The van der Waals surface area contributed by atoms with Gasteiger partial charge in [-0.3, -0.25) is 4.79 Å². The minimum absolute atomic E-state index is 0.235. The van der Waals surface area contributed by atoms with E-state index in [1.54, 1.807) is 43.0 Å². The van der Waals surface area contributed by atoms with Crippen LogP contribution in [0.4, 0.5) is 0 Å². The number of piperidine rings is 1. The average Bonchev–Trinajstić information content (AvgIpc) is 2.61. The molecular weight excluding hydrogens is 310 g/mol. The number of esters is 2. The van der Waals surface area contributed by atoms with Crippen LogP contribution in [0.1, 0.15) is 53.8 Å². The second-order valence-electron chi connectivity index (χ2n) is 5.98. The molecule has 0 spiro atoms. The number of benzene rings is 1. The monoisotopic (exact) mass is 333 g/mol. The van der Waals surface area contributed by atoms with Crippen LogP contribution in [0.15, 0.2) is 24.3 Å². The second kappa shape index (κ2) is 7.47. The Morgan fingerprint density at radius 3 is 2.33 bits per heavy atom. The number of nitrogens with zero attached hydrogens (tertiary/aromatic N) is 1. The number of methoxy groups -OCH3 is 1. The van der Waals surface area contributed by atoms with E-state index in [4.69, 9.17) is 4.74 Å². The van der Waals surface area contributed by atoms with Crippen molar-refractivity contribution in [3.05, 3.63) is 35.4 Å². The lowest BCUT2D eigenvalue weighted by atomic mass is 9.87. The van der Waals surface area contributed by atoms with Crippen molar-refractivity contribution in [1.82, 2.24) is 4.90 Å². The molecule has 0 aliphatic carbocycles. The minimum atomic E-state index is -0.952. The van der Waals surface area contributed by atoms with E-state index in [0.29, 0.717) is 24.1 Å². The van der Waals surface area contributed by atoms with Crippen molar-refractivity contribution in [1.29, 1.82) is 0 Å². The van der Waals surface area contributed by atoms with Crippen LogP contribution < -0.4 is 0 Å². The lowest BCUT2D eigenvalue weighted by molar-refractivity contribution is -0.157. The first-order valence-electron chi connectivity index (χ1n) is 8.11. The number of amides is 1. The lowest BCUT2D eigenvalue weighted by Crippen LogP contribution is -2.58. The van der Waals surface area contributed by atoms with Crippen LogP contribution in [0.2, 0.25) is 0 Å². The van der Waals surface area contributed by atoms with Gasteiger partial charge in [-0.2, -0.15) is 0 Å². The fraction of sp³-hybridized carbons (Fsp3) is 0.500. The third-order valence-corrected chi connectivity index (χ3v) is 4.40. The van der Waals surface area contributed by atoms with Crippen molar-refractivity contribution in [2.24, 2.45) is 0 Å². The average molecular weight is 333 g/mol. The highest BCUT2D eigenvalue weighted by molar-refractivity contribution is 5.99. The van der Waals surface area contributed by atoms with E-state index in [1.165, 1.54) is 7.11 Å². The highest BCUT2D eigenvalue weighted by Gasteiger charge is 2.45. The van der Waals surface area contributed by atoms with Crippen LogP contribution in [0.25, 0.3) is 0 Å². The van der Waals surface area contributed by atoms with E-state index in [0.717, 1.165) is 12.8 Å². The summed E-state index contributed by atoms with van der Waals surface area (Å²) in [6.45, 7) is 4.30. The number of likely N-dealkylation sites (tertiary alicyclic amines) is 1. The molecule has 1 amide bonds. The summed E-state index contributed by atoms with van der Waals surface area (Å²) in [6.07, 6.45) is 2.30. The fourth-order valence-electron chi connectivity index (χ4n) is 2.97. The van der Waals surface area contributed by atoms with E-state index >= 15 is 0 Å². The smallest absolute Gasteiger partial charge is 0.337 e. The molecule has 0 aromatic heterocycles. The van der Waals surface area contributed by atoms with Crippen LogP contribution in [0.3, 0.4) is 0 Å². The molecule has 2 rings (SSSR count). The molecule has 1 aromatic rings. The first-order chi connectivity index (χ1) is 11.4. The first kappa shape index (κ1) is 18.0. The molecule has 6 nitrogen and oxygen atoms in total. The Balaban J connectivity index is 2.25. The van der Waals surface area contributed by atoms with E-state index in [2.05, 4.69) is 4.74 Å². The summed E-state index contributed by atoms with van der Waals surface area (Å²) in [7, 11) is 1.31. The summed E-state index contributed by atoms with van der Waals surface area (Å²) in [5.41, 5.74) is -0.146. The molecule has 0 saturated carbocycles. The molecule has 0 N–H and O–H groups in total. The van der Waals surface area contributed by atoms with Crippen molar-refractivity contribution in [3.8, 4) is 0 Å². The summed E-state index contributed by atoms with van der Waals surface area (Å²) in [5, 5.41) is 0. The molecular formula is C18H23NO5. The molecule has 1 aliphatic rings. The van der Waals surface area contributed by atoms with Gasteiger partial charge in [0, 0.05) is 12.1 Å². The van der Waals surface area contributed by atoms with E-state index in [-0.39, 0.29) is 18.5 Å². The van der Waals surface area contributed by atoms with Crippen LogP contribution in [0, 0.1) is 0 Å². The SMILES string of the molecule is CCOC(=O)C1(C)CCCCN1C(=O)c1ccc(C(=O)OC)cc1. The number of hydrogen-bond acceptors (Lipinski definition) is 5. The summed E-state index contributed by atoms with van der Waals surface area (Å²) < 4.78 is 9.82. The van der Waals surface area contributed by atoms with Gasteiger partial charge in [0.05, 0.1) is 19.3 Å². The molecule has 1 fully saturated rings. The van der Waals surface area contributed by atoms with Crippen molar-refractivity contribution < 1.29 is 23.9 Å².